The van der Waals surface area contributed by atoms with Crippen molar-refractivity contribution < 1.29 is 9.84 Å². The van der Waals surface area contributed by atoms with Gasteiger partial charge in [0.05, 0.1) is 12.2 Å². The van der Waals surface area contributed by atoms with E-state index in [1.54, 1.807) is 0 Å². The second kappa shape index (κ2) is 5.50. The number of hydrogen-bond donors (Lipinski definition) is 1. The zero-order valence-corrected chi connectivity index (χ0v) is 10.7. The average molecular weight is 226 g/mol. The normalized spacial score (nSPS) is 33.0. The molecule has 2 aliphatic rings. The van der Waals surface area contributed by atoms with Gasteiger partial charge in [-0.2, -0.15) is 0 Å². The topological polar surface area (TPSA) is 32.8 Å². The lowest BCUT2D eigenvalue weighted by Gasteiger charge is -2.20. The summed E-state index contributed by atoms with van der Waals surface area (Å²) in [6.45, 7) is 4.31. The third-order valence-electron chi connectivity index (χ3n) is 4.00. The van der Waals surface area contributed by atoms with Gasteiger partial charge in [0.1, 0.15) is 6.10 Å². The van der Waals surface area contributed by atoms with Gasteiger partial charge in [-0.1, -0.05) is 46.0 Å². The highest BCUT2D eigenvalue weighted by atomic mass is 16.6. The Balaban J connectivity index is 1.66. The Bertz CT molecular complexity index is 209. The van der Waals surface area contributed by atoms with E-state index in [9.17, 15) is 5.11 Å². The molecule has 2 heteroatoms. The minimum atomic E-state index is -0.228. The Kier molecular flexibility index (Phi) is 4.26. The molecule has 0 spiro atoms. The molecule has 0 aromatic rings. The van der Waals surface area contributed by atoms with E-state index in [1.807, 2.05) is 0 Å². The molecule has 0 amide bonds. The van der Waals surface area contributed by atoms with Crippen LogP contribution in [0.2, 0.25) is 0 Å². The van der Waals surface area contributed by atoms with E-state index in [-0.39, 0.29) is 12.2 Å². The van der Waals surface area contributed by atoms with Gasteiger partial charge in [-0.15, -0.1) is 0 Å². The molecule has 94 valence electrons. The first kappa shape index (κ1) is 12.4. The molecule has 2 rings (SSSR count). The molecule has 1 saturated heterocycles. The SMILES string of the molecule is CC(C)C[C@H](O)[C@@H]1O[C@@H]1CC1CCCCC1. The summed E-state index contributed by atoms with van der Waals surface area (Å²) in [6, 6.07) is 0. The van der Waals surface area contributed by atoms with Crippen molar-refractivity contribution in [3.05, 3.63) is 0 Å². The van der Waals surface area contributed by atoms with Gasteiger partial charge < -0.3 is 9.84 Å². The first-order chi connectivity index (χ1) is 7.66. The van der Waals surface area contributed by atoms with Gasteiger partial charge >= 0.3 is 0 Å². The van der Waals surface area contributed by atoms with Crippen molar-refractivity contribution in [3.8, 4) is 0 Å². The van der Waals surface area contributed by atoms with Gasteiger partial charge in [-0.3, -0.25) is 0 Å². The van der Waals surface area contributed by atoms with Crippen LogP contribution in [0.5, 0.6) is 0 Å². The number of hydrogen-bond acceptors (Lipinski definition) is 2. The van der Waals surface area contributed by atoms with Crippen molar-refractivity contribution in [2.75, 3.05) is 0 Å². The lowest BCUT2D eigenvalue weighted by atomic mass is 9.85. The predicted molar refractivity (Wildman–Crippen MR) is 65.3 cm³/mol. The molecule has 1 N–H and O–H groups in total. The van der Waals surface area contributed by atoms with Crippen molar-refractivity contribution >= 4 is 0 Å². The molecular weight excluding hydrogens is 200 g/mol. The summed E-state index contributed by atoms with van der Waals surface area (Å²) in [4.78, 5) is 0. The second-order valence-corrected chi connectivity index (χ2v) is 6.08. The van der Waals surface area contributed by atoms with Crippen LogP contribution < -0.4 is 0 Å². The maximum absolute atomic E-state index is 9.93. The summed E-state index contributed by atoms with van der Waals surface area (Å²) in [5.74, 6) is 1.43. The van der Waals surface area contributed by atoms with E-state index in [0.717, 1.165) is 12.3 Å². The first-order valence-electron chi connectivity index (χ1n) is 7.00. The summed E-state index contributed by atoms with van der Waals surface area (Å²) in [6.07, 6.45) is 9.36. The zero-order chi connectivity index (χ0) is 11.5. The van der Waals surface area contributed by atoms with Crippen LogP contribution in [0.1, 0.15) is 58.8 Å². The fourth-order valence-corrected chi connectivity index (χ4v) is 3.05. The van der Waals surface area contributed by atoms with Crippen molar-refractivity contribution in [2.45, 2.75) is 77.1 Å². The fraction of sp³-hybridized carbons (Fsp3) is 1.00. The van der Waals surface area contributed by atoms with Gasteiger partial charge in [0, 0.05) is 0 Å². The Morgan fingerprint density at radius 1 is 1.19 bits per heavy atom. The van der Waals surface area contributed by atoms with Gasteiger partial charge in [0.2, 0.25) is 0 Å². The van der Waals surface area contributed by atoms with E-state index >= 15 is 0 Å². The van der Waals surface area contributed by atoms with E-state index in [4.69, 9.17) is 4.74 Å². The monoisotopic (exact) mass is 226 g/mol. The van der Waals surface area contributed by atoms with Crippen LogP contribution in [-0.2, 0) is 4.74 Å². The molecule has 0 bridgehead atoms. The molecule has 1 heterocycles. The summed E-state index contributed by atoms with van der Waals surface area (Å²) in [7, 11) is 0. The van der Waals surface area contributed by atoms with E-state index in [1.165, 1.54) is 38.5 Å². The predicted octanol–water partition coefficient (Wildman–Crippen LogP) is 3.13. The molecule has 1 aliphatic carbocycles. The molecule has 3 atom stereocenters. The lowest BCUT2D eigenvalue weighted by Crippen LogP contribution is -2.20. The summed E-state index contributed by atoms with van der Waals surface area (Å²) in [5.41, 5.74) is 0. The maximum atomic E-state index is 9.93. The second-order valence-electron chi connectivity index (χ2n) is 6.08. The van der Waals surface area contributed by atoms with Crippen LogP contribution >= 0.6 is 0 Å². The molecule has 2 fully saturated rings. The number of epoxide rings is 1. The average Bonchev–Trinajstić information content (AvgIpc) is 2.98. The van der Waals surface area contributed by atoms with Gasteiger partial charge in [0.15, 0.2) is 0 Å². The highest BCUT2D eigenvalue weighted by Gasteiger charge is 2.45. The number of aliphatic hydroxyl groups is 1. The molecule has 1 saturated carbocycles. The minimum Gasteiger partial charge on any atom is -0.390 e. The molecule has 0 radical (unpaired) electrons. The molecule has 16 heavy (non-hydrogen) atoms. The largest absolute Gasteiger partial charge is 0.390 e. The van der Waals surface area contributed by atoms with E-state index in [2.05, 4.69) is 13.8 Å². The van der Waals surface area contributed by atoms with Crippen LogP contribution in [0, 0.1) is 11.8 Å². The Morgan fingerprint density at radius 2 is 1.88 bits per heavy atom. The smallest absolute Gasteiger partial charge is 0.110 e. The third-order valence-corrected chi connectivity index (χ3v) is 4.00. The zero-order valence-electron chi connectivity index (χ0n) is 10.7. The molecule has 0 aromatic heterocycles. The highest BCUT2D eigenvalue weighted by molar-refractivity contribution is 4.92. The van der Waals surface area contributed by atoms with Crippen LogP contribution in [0.25, 0.3) is 0 Å². The number of aliphatic hydroxyl groups excluding tert-OH is 1. The van der Waals surface area contributed by atoms with Crippen LogP contribution in [-0.4, -0.2) is 23.4 Å². The Hall–Kier alpha value is -0.0800. The quantitative estimate of drug-likeness (QED) is 0.731. The fourth-order valence-electron chi connectivity index (χ4n) is 3.05. The number of ether oxygens (including phenoxy) is 1. The summed E-state index contributed by atoms with van der Waals surface area (Å²) >= 11 is 0. The van der Waals surface area contributed by atoms with Crippen LogP contribution in [0.3, 0.4) is 0 Å². The summed E-state index contributed by atoms with van der Waals surface area (Å²) < 4.78 is 5.63. The summed E-state index contributed by atoms with van der Waals surface area (Å²) in [5, 5.41) is 9.93. The standard InChI is InChI=1S/C14H26O2/c1-10(2)8-12(15)14-13(16-14)9-11-6-4-3-5-7-11/h10-15H,3-9H2,1-2H3/t12-,13+,14-/m0/s1. The van der Waals surface area contributed by atoms with Crippen LogP contribution in [0.15, 0.2) is 0 Å². The number of rotatable bonds is 5. The van der Waals surface area contributed by atoms with Gasteiger partial charge in [0.25, 0.3) is 0 Å². The Morgan fingerprint density at radius 3 is 2.50 bits per heavy atom. The maximum Gasteiger partial charge on any atom is 0.110 e. The first-order valence-corrected chi connectivity index (χ1v) is 7.00. The minimum absolute atomic E-state index is 0.157. The molecule has 0 aromatic carbocycles. The van der Waals surface area contributed by atoms with Crippen molar-refractivity contribution in [3.63, 3.8) is 0 Å². The third kappa shape index (κ3) is 3.46. The molecule has 0 unspecified atom stereocenters. The van der Waals surface area contributed by atoms with E-state index in [0.29, 0.717) is 12.0 Å². The highest BCUT2D eigenvalue weighted by Crippen LogP contribution is 2.37. The molecular formula is C14H26O2. The Labute approximate surface area is 99.4 Å². The van der Waals surface area contributed by atoms with Crippen LogP contribution in [0.4, 0.5) is 0 Å². The van der Waals surface area contributed by atoms with Crippen molar-refractivity contribution in [1.29, 1.82) is 0 Å². The molecule has 1 aliphatic heterocycles. The van der Waals surface area contributed by atoms with Crippen molar-refractivity contribution in [2.24, 2.45) is 11.8 Å². The van der Waals surface area contributed by atoms with Gasteiger partial charge in [-0.25, -0.2) is 0 Å². The molecule has 2 nitrogen and oxygen atoms in total. The van der Waals surface area contributed by atoms with Crippen molar-refractivity contribution in [1.82, 2.24) is 0 Å². The lowest BCUT2D eigenvalue weighted by molar-refractivity contribution is 0.113. The van der Waals surface area contributed by atoms with E-state index < -0.39 is 0 Å². The van der Waals surface area contributed by atoms with Gasteiger partial charge in [-0.05, 0) is 24.7 Å².